The monoisotopic (exact) mass is 377 g/mol. The molecular weight excluding hydrogens is 358 g/mol. The van der Waals surface area contributed by atoms with Crippen LogP contribution in [0.5, 0.6) is 5.75 Å². The minimum atomic E-state index is -0.506. The number of aryl methyl sites for hydroxylation is 1. The molecule has 0 atom stereocenters. The number of rotatable bonds is 4. The van der Waals surface area contributed by atoms with Crippen molar-refractivity contribution in [1.29, 1.82) is 0 Å². The van der Waals surface area contributed by atoms with E-state index in [-0.39, 0.29) is 12.5 Å². The number of esters is 1. The quantitative estimate of drug-likeness (QED) is 0.706. The first kappa shape index (κ1) is 17.8. The summed E-state index contributed by atoms with van der Waals surface area (Å²) in [7, 11) is 1.30. The molecule has 0 unspecified atom stereocenters. The van der Waals surface area contributed by atoms with Gasteiger partial charge in [0.15, 0.2) is 0 Å². The Kier molecular flexibility index (Phi) is 4.57. The van der Waals surface area contributed by atoms with Crippen LogP contribution in [0.25, 0.3) is 11.3 Å². The fraction of sp³-hybridized carbons (Fsp3) is 0.190. The Labute approximate surface area is 161 Å². The van der Waals surface area contributed by atoms with Gasteiger partial charge in [-0.2, -0.15) is 5.10 Å². The number of carbonyl (C=O) groups is 2. The smallest absolute Gasteiger partial charge is 0.339 e. The van der Waals surface area contributed by atoms with E-state index in [0.717, 1.165) is 28.1 Å². The highest BCUT2D eigenvalue weighted by Crippen LogP contribution is 2.37. The van der Waals surface area contributed by atoms with Gasteiger partial charge in [-0.15, -0.1) is 0 Å². The molecule has 2 heterocycles. The van der Waals surface area contributed by atoms with E-state index < -0.39 is 5.97 Å². The van der Waals surface area contributed by atoms with E-state index in [1.54, 1.807) is 35.1 Å². The van der Waals surface area contributed by atoms with Gasteiger partial charge >= 0.3 is 5.97 Å². The Hall–Kier alpha value is -3.61. The van der Waals surface area contributed by atoms with E-state index >= 15 is 0 Å². The van der Waals surface area contributed by atoms with Gasteiger partial charge in [-0.05, 0) is 31.2 Å². The number of ether oxygens (including phenoxy) is 2. The van der Waals surface area contributed by atoms with E-state index in [2.05, 4.69) is 10.4 Å². The van der Waals surface area contributed by atoms with Crippen LogP contribution in [-0.4, -0.2) is 28.8 Å². The van der Waals surface area contributed by atoms with Crippen molar-refractivity contribution in [3.8, 4) is 17.0 Å². The van der Waals surface area contributed by atoms with Gasteiger partial charge in [0.2, 0.25) is 5.91 Å². The summed E-state index contributed by atoms with van der Waals surface area (Å²) in [5.74, 6) is -0.0202. The third-order valence-corrected chi connectivity index (χ3v) is 4.59. The molecule has 1 N–H and O–H groups in total. The fourth-order valence-corrected chi connectivity index (χ4v) is 3.28. The average molecular weight is 377 g/mol. The summed E-state index contributed by atoms with van der Waals surface area (Å²) in [6.07, 6.45) is 1.72. The maximum Gasteiger partial charge on any atom is 0.339 e. The van der Waals surface area contributed by atoms with Crippen LogP contribution in [0.1, 0.15) is 21.5 Å². The summed E-state index contributed by atoms with van der Waals surface area (Å²) in [5, 5.41) is 7.14. The summed E-state index contributed by atoms with van der Waals surface area (Å²) in [5.41, 5.74) is 4.53. The predicted octanol–water partition coefficient (Wildman–Crippen LogP) is 3.18. The first-order chi connectivity index (χ1) is 13.6. The lowest BCUT2D eigenvalue weighted by atomic mass is 10.0. The lowest BCUT2D eigenvalue weighted by molar-refractivity contribution is -0.116. The molecule has 142 valence electrons. The molecule has 7 heteroatoms. The highest BCUT2D eigenvalue weighted by atomic mass is 16.5. The van der Waals surface area contributed by atoms with Crippen molar-refractivity contribution in [2.45, 2.75) is 20.1 Å². The van der Waals surface area contributed by atoms with Crippen LogP contribution in [0.4, 0.5) is 5.69 Å². The Balaban J connectivity index is 1.60. The van der Waals surface area contributed by atoms with Crippen molar-refractivity contribution in [1.82, 2.24) is 9.78 Å². The number of nitrogens with one attached hydrogen (secondary N) is 1. The molecule has 0 saturated carbocycles. The normalized spacial score (nSPS) is 11.8. The Morgan fingerprint density at radius 1 is 1.25 bits per heavy atom. The fourth-order valence-electron chi connectivity index (χ4n) is 3.28. The number of hydrogen-bond donors (Lipinski definition) is 1. The molecule has 0 bridgehead atoms. The molecule has 0 spiro atoms. The largest absolute Gasteiger partial charge is 0.488 e. The number of para-hydroxylation sites is 1. The number of nitrogens with zero attached hydrogens (tertiary/aromatic N) is 2. The standard InChI is InChI=1S/C21H19N3O4/c1-13-7-8-18-16(9-13)20-14(12-28-18)10-22-24(20)11-19(25)23-17-6-4-3-5-15(17)21(26)27-2/h3-10H,11-12H2,1-2H3,(H,23,25). The van der Waals surface area contributed by atoms with Crippen LogP contribution in [0.2, 0.25) is 0 Å². The number of carbonyl (C=O) groups excluding carboxylic acids is 2. The third kappa shape index (κ3) is 3.22. The molecule has 2 aromatic carbocycles. The first-order valence-electron chi connectivity index (χ1n) is 8.82. The highest BCUT2D eigenvalue weighted by Gasteiger charge is 2.23. The van der Waals surface area contributed by atoms with Gasteiger partial charge < -0.3 is 14.8 Å². The van der Waals surface area contributed by atoms with Gasteiger partial charge in [0.25, 0.3) is 0 Å². The molecule has 0 saturated heterocycles. The Morgan fingerprint density at radius 2 is 2.07 bits per heavy atom. The molecule has 1 aliphatic heterocycles. The van der Waals surface area contributed by atoms with Crippen molar-refractivity contribution in [3.05, 3.63) is 65.4 Å². The number of anilines is 1. The minimum Gasteiger partial charge on any atom is -0.488 e. The zero-order chi connectivity index (χ0) is 19.7. The molecule has 3 aromatic rings. The van der Waals surface area contributed by atoms with Gasteiger partial charge in [-0.3, -0.25) is 9.48 Å². The van der Waals surface area contributed by atoms with E-state index in [0.29, 0.717) is 17.9 Å². The zero-order valence-corrected chi connectivity index (χ0v) is 15.6. The maximum absolute atomic E-state index is 12.7. The zero-order valence-electron chi connectivity index (χ0n) is 15.6. The van der Waals surface area contributed by atoms with Crippen LogP contribution in [0, 0.1) is 6.92 Å². The van der Waals surface area contributed by atoms with E-state index in [1.165, 1.54) is 7.11 Å². The van der Waals surface area contributed by atoms with Gasteiger partial charge in [-0.1, -0.05) is 23.8 Å². The lowest BCUT2D eigenvalue weighted by Gasteiger charge is -2.20. The number of aromatic nitrogens is 2. The molecule has 0 aliphatic carbocycles. The van der Waals surface area contributed by atoms with Crippen LogP contribution in [-0.2, 0) is 22.7 Å². The van der Waals surface area contributed by atoms with Crippen LogP contribution < -0.4 is 10.1 Å². The van der Waals surface area contributed by atoms with Crippen LogP contribution in [0.3, 0.4) is 0 Å². The topological polar surface area (TPSA) is 82.5 Å². The second kappa shape index (κ2) is 7.19. The molecule has 1 aliphatic rings. The molecule has 28 heavy (non-hydrogen) atoms. The molecular formula is C21H19N3O4. The summed E-state index contributed by atoms with van der Waals surface area (Å²) >= 11 is 0. The third-order valence-electron chi connectivity index (χ3n) is 4.59. The number of fused-ring (bicyclic) bond motifs is 3. The number of methoxy groups -OCH3 is 1. The molecule has 0 radical (unpaired) electrons. The Morgan fingerprint density at radius 3 is 2.89 bits per heavy atom. The predicted molar refractivity (Wildman–Crippen MR) is 103 cm³/mol. The minimum absolute atomic E-state index is 0.0121. The molecule has 1 aromatic heterocycles. The van der Waals surface area contributed by atoms with Crippen LogP contribution >= 0.6 is 0 Å². The number of amides is 1. The van der Waals surface area contributed by atoms with Crippen molar-refractivity contribution >= 4 is 17.6 Å². The van der Waals surface area contributed by atoms with Crippen molar-refractivity contribution in [3.63, 3.8) is 0 Å². The maximum atomic E-state index is 12.7. The van der Waals surface area contributed by atoms with Gasteiger partial charge in [0.05, 0.1) is 30.3 Å². The number of benzene rings is 2. The van der Waals surface area contributed by atoms with Crippen molar-refractivity contribution < 1.29 is 19.1 Å². The molecule has 7 nitrogen and oxygen atoms in total. The average Bonchev–Trinajstić information content (AvgIpc) is 3.11. The number of hydrogen-bond acceptors (Lipinski definition) is 5. The molecule has 0 fully saturated rings. The van der Waals surface area contributed by atoms with Gasteiger partial charge in [0, 0.05) is 11.1 Å². The first-order valence-corrected chi connectivity index (χ1v) is 8.82. The Bertz CT molecular complexity index is 1070. The van der Waals surface area contributed by atoms with E-state index in [1.807, 2.05) is 25.1 Å². The summed E-state index contributed by atoms with van der Waals surface area (Å²) in [6.45, 7) is 2.43. The molecule has 1 amide bonds. The summed E-state index contributed by atoms with van der Waals surface area (Å²) < 4.78 is 12.2. The van der Waals surface area contributed by atoms with Gasteiger partial charge in [0.1, 0.15) is 18.9 Å². The van der Waals surface area contributed by atoms with Gasteiger partial charge in [-0.25, -0.2) is 4.79 Å². The lowest BCUT2D eigenvalue weighted by Crippen LogP contribution is -2.22. The van der Waals surface area contributed by atoms with Crippen molar-refractivity contribution in [2.75, 3.05) is 12.4 Å². The van der Waals surface area contributed by atoms with Crippen molar-refractivity contribution in [2.24, 2.45) is 0 Å². The SMILES string of the molecule is COC(=O)c1ccccc1NC(=O)Cn1ncc2c1-c1cc(C)ccc1OC2. The van der Waals surface area contributed by atoms with Crippen LogP contribution in [0.15, 0.2) is 48.7 Å². The van der Waals surface area contributed by atoms with E-state index in [9.17, 15) is 9.59 Å². The summed E-state index contributed by atoms with van der Waals surface area (Å²) in [4.78, 5) is 24.5. The second-order valence-corrected chi connectivity index (χ2v) is 6.55. The second-order valence-electron chi connectivity index (χ2n) is 6.55. The highest BCUT2D eigenvalue weighted by molar-refractivity contribution is 6.01. The van der Waals surface area contributed by atoms with E-state index in [4.69, 9.17) is 9.47 Å². The summed E-state index contributed by atoms with van der Waals surface area (Å²) in [6, 6.07) is 12.7. The molecule has 4 rings (SSSR count).